The number of aromatic nitrogens is 2. The van der Waals surface area contributed by atoms with Crippen LogP contribution in [0.15, 0.2) is 67.3 Å². The maximum atomic E-state index is 13.4. The van der Waals surface area contributed by atoms with Crippen LogP contribution in [0.1, 0.15) is 68.3 Å². The summed E-state index contributed by atoms with van der Waals surface area (Å²) in [5.41, 5.74) is 0.170. The number of carboxylic acids is 1. The maximum absolute atomic E-state index is 13.4. The zero-order chi connectivity index (χ0) is 35.9. The largest absolute Gasteiger partial charge is 0.479 e. The van der Waals surface area contributed by atoms with Crippen LogP contribution in [-0.2, 0) is 16.1 Å². The number of pyridine rings is 2. The fourth-order valence-corrected chi connectivity index (χ4v) is 7.00. The number of likely N-dealkylation sites (tertiary alicyclic amines) is 2. The molecule has 270 valence electrons. The molecule has 3 aliphatic heterocycles. The van der Waals surface area contributed by atoms with Gasteiger partial charge in [0.1, 0.15) is 5.60 Å². The Hall–Kier alpha value is -3.88. The number of carboxylic acid groups (broad SMARTS) is 1. The molecule has 13 heteroatoms. The van der Waals surface area contributed by atoms with Gasteiger partial charge in [0, 0.05) is 95.8 Å². The van der Waals surface area contributed by atoms with Gasteiger partial charge < -0.3 is 20.2 Å². The molecule has 1 aromatic carbocycles. The summed E-state index contributed by atoms with van der Waals surface area (Å²) >= 11 is 0. The molecule has 5 heterocycles. The van der Waals surface area contributed by atoms with Crippen molar-refractivity contribution in [3.05, 3.63) is 95.6 Å². The second kappa shape index (κ2) is 16.4. The van der Waals surface area contributed by atoms with Crippen LogP contribution in [0.2, 0.25) is 0 Å². The first-order chi connectivity index (χ1) is 23.9. The van der Waals surface area contributed by atoms with E-state index in [0.717, 1.165) is 11.6 Å². The van der Waals surface area contributed by atoms with Crippen molar-refractivity contribution in [3.63, 3.8) is 0 Å². The summed E-state index contributed by atoms with van der Waals surface area (Å²) in [6.45, 7) is 9.50. The van der Waals surface area contributed by atoms with Crippen molar-refractivity contribution in [1.29, 1.82) is 0 Å². The Morgan fingerprint density at radius 2 is 1.16 bits per heavy atom. The van der Waals surface area contributed by atoms with Crippen LogP contribution in [0, 0.1) is 11.6 Å². The maximum Gasteiger partial charge on any atom is 0.335 e. The van der Waals surface area contributed by atoms with Gasteiger partial charge in [-0.15, -0.1) is 0 Å². The van der Waals surface area contributed by atoms with E-state index in [1.165, 1.54) is 11.6 Å². The van der Waals surface area contributed by atoms with E-state index in [4.69, 9.17) is 5.11 Å². The van der Waals surface area contributed by atoms with Crippen LogP contribution in [0.3, 0.4) is 0 Å². The number of piperidine rings is 2. The second-order valence-electron chi connectivity index (χ2n) is 13.7. The average molecular weight is 695 g/mol. The predicted octanol–water partition coefficient (Wildman–Crippen LogP) is 3.65. The zero-order valence-electron chi connectivity index (χ0n) is 28.8. The molecular weight excluding hydrogens is 646 g/mol. The third-order valence-electron chi connectivity index (χ3n) is 10.6. The van der Waals surface area contributed by atoms with Crippen molar-refractivity contribution in [2.75, 3.05) is 52.4 Å². The Morgan fingerprint density at radius 1 is 0.700 bits per heavy atom. The molecule has 1 amide bonds. The highest BCUT2D eigenvalue weighted by atomic mass is 19.2. The molecule has 2 atom stereocenters. The Bertz CT molecular complexity index is 1560. The third-order valence-corrected chi connectivity index (χ3v) is 10.6. The number of carbonyl (C=O) groups is 2. The summed E-state index contributed by atoms with van der Waals surface area (Å²) in [5, 5.41) is 29.9. The number of hydrogen-bond donors (Lipinski definition) is 3. The van der Waals surface area contributed by atoms with E-state index in [1.54, 1.807) is 35.8 Å². The summed E-state index contributed by atoms with van der Waals surface area (Å²) in [6.07, 6.45) is 8.44. The van der Waals surface area contributed by atoms with Crippen molar-refractivity contribution in [3.8, 4) is 0 Å². The molecular formula is C37H48F2N6O5. The lowest BCUT2D eigenvalue weighted by Gasteiger charge is -2.43. The first kappa shape index (κ1) is 37.4. The molecule has 0 bridgehead atoms. The lowest BCUT2D eigenvalue weighted by Crippen LogP contribution is -2.58. The number of carbonyl (C=O) groups excluding carboxylic acids is 1. The first-order valence-corrected chi connectivity index (χ1v) is 17.3. The molecule has 6 rings (SSSR count). The first-order valence-electron chi connectivity index (χ1n) is 17.3. The van der Waals surface area contributed by atoms with Gasteiger partial charge in [-0.25, -0.2) is 13.6 Å². The number of aliphatic carboxylic acids is 1. The van der Waals surface area contributed by atoms with Gasteiger partial charge in [0.05, 0.1) is 0 Å². The number of hydrogen-bond acceptors (Lipinski definition) is 9. The molecule has 0 saturated carbocycles. The van der Waals surface area contributed by atoms with Crippen LogP contribution < -0.4 is 0 Å². The van der Waals surface area contributed by atoms with Gasteiger partial charge in [-0.05, 0) is 92.6 Å². The van der Waals surface area contributed by atoms with Gasteiger partial charge in [0.2, 0.25) is 0 Å². The standard InChI is InChI=1S/C24H30F2N4O2.C13H18N2O3/c1-18(20-4-8-27-9-5-20)29-10-6-24(32,7-11-29)23(31)30-14-12-28(13-15-30)17-19-2-3-21(25)22(26)16-19;1-10(11-2-6-14-7-3-11)15-8-4-13(18,5-9-15)12(16)17/h2-5,8-9,16,18,32H,6-7,10-15,17H2,1H3;2-3,6-7,10,18H,4-5,8-9H2,1H3,(H,16,17). The minimum absolute atomic E-state index is 0.193. The van der Waals surface area contributed by atoms with Gasteiger partial charge >= 0.3 is 5.97 Å². The van der Waals surface area contributed by atoms with E-state index < -0.39 is 28.8 Å². The molecule has 0 radical (unpaired) electrons. The number of piperazine rings is 1. The molecule has 3 N–H and O–H groups in total. The number of rotatable bonds is 8. The summed E-state index contributed by atoms with van der Waals surface area (Å²) in [6, 6.07) is 12.3. The number of nitrogens with zero attached hydrogens (tertiary/aromatic N) is 6. The molecule has 0 spiro atoms. The Morgan fingerprint density at radius 3 is 1.60 bits per heavy atom. The highest BCUT2D eigenvalue weighted by molar-refractivity contribution is 5.85. The van der Waals surface area contributed by atoms with E-state index in [1.807, 2.05) is 24.3 Å². The molecule has 3 fully saturated rings. The molecule has 2 aromatic heterocycles. The lowest BCUT2D eigenvalue weighted by molar-refractivity contribution is -0.164. The molecule has 3 aliphatic rings. The molecule has 11 nitrogen and oxygen atoms in total. The quantitative estimate of drug-likeness (QED) is 0.321. The fraction of sp³-hybridized carbons (Fsp3) is 0.514. The average Bonchev–Trinajstić information content (AvgIpc) is 3.14. The molecule has 2 unspecified atom stereocenters. The van der Waals surface area contributed by atoms with Crippen LogP contribution in [0.25, 0.3) is 0 Å². The predicted molar refractivity (Wildman–Crippen MR) is 183 cm³/mol. The van der Waals surface area contributed by atoms with E-state index in [0.29, 0.717) is 77.3 Å². The number of aliphatic hydroxyl groups is 2. The van der Waals surface area contributed by atoms with E-state index in [9.17, 15) is 28.6 Å². The SMILES string of the molecule is CC(c1ccncc1)N1CCC(O)(C(=O)N2CCN(Cc3ccc(F)c(F)c3)CC2)CC1.CC(c1ccncc1)N1CCC(O)(C(=O)O)CC1. The van der Waals surface area contributed by atoms with Crippen molar-refractivity contribution < 1.29 is 33.7 Å². The summed E-state index contributed by atoms with van der Waals surface area (Å²) in [4.78, 5) is 40.4. The van der Waals surface area contributed by atoms with Crippen molar-refractivity contribution in [2.24, 2.45) is 0 Å². The number of amides is 1. The van der Waals surface area contributed by atoms with Crippen LogP contribution >= 0.6 is 0 Å². The van der Waals surface area contributed by atoms with E-state index in [-0.39, 0.29) is 30.8 Å². The Kier molecular flexibility index (Phi) is 12.3. The molecule has 0 aliphatic carbocycles. The van der Waals surface area contributed by atoms with Gasteiger partial charge in [-0.1, -0.05) is 6.07 Å². The smallest absolute Gasteiger partial charge is 0.335 e. The third kappa shape index (κ3) is 9.07. The van der Waals surface area contributed by atoms with Crippen molar-refractivity contribution in [1.82, 2.24) is 29.6 Å². The number of benzene rings is 1. The van der Waals surface area contributed by atoms with Crippen LogP contribution in [0.5, 0.6) is 0 Å². The Balaban J connectivity index is 0.000000228. The van der Waals surface area contributed by atoms with Gasteiger partial charge in [0.15, 0.2) is 17.2 Å². The van der Waals surface area contributed by atoms with E-state index >= 15 is 0 Å². The summed E-state index contributed by atoms with van der Waals surface area (Å²) in [5.74, 6) is -3.00. The topological polar surface area (TPSA) is 134 Å². The molecule has 3 saturated heterocycles. The van der Waals surface area contributed by atoms with Gasteiger partial charge in [-0.2, -0.15) is 0 Å². The number of halogens is 2. The van der Waals surface area contributed by atoms with Crippen LogP contribution in [-0.4, -0.2) is 120 Å². The molecule has 3 aromatic rings. The van der Waals surface area contributed by atoms with Crippen molar-refractivity contribution >= 4 is 11.9 Å². The highest BCUT2D eigenvalue weighted by Crippen LogP contribution is 2.31. The highest BCUT2D eigenvalue weighted by Gasteiger charge is 2.43. The fourth-order valence-electron chi connectivity index (χ4n) is 7.00. The Labute approximate surface area is 292 Å². The minimum atomic E-state index is -1.55. The normalized spacial score (nSPS) is 21.0. The zero-order valence-corrected chi connectivity index (χ0v) is 28.8. The van der Waals surface area contributed by atoms with Gasteiger partial charge in [0.25, 0.3) is 5.91 Å². The summed E-state index contributed by atoms with van der Waals surface area (Å²) < 4.78 is 26.6. The lowest BCUT2D eigenvalue weighted by atomic mass is 9.88. The second-order valence-corrected chi connectivity index (χ2v) is 13.7. The monoisotopic (exact) mass is 694 g/mol. The summed E-state index contributed by atoms with van der Waals surface area (Å²) in [7, 11) is 0. The van der Waals surface area contributed by atoms with Gasteiger partial charge in [-0.3, -0.25) is 29.5 Å². The van der Waals surface area contributed by atoms with Crippen molar-refractivity contribution in [2.45, 2.75) is 69.4 Å². The minimum Gasteiger partial charge on any atom is -0.479 e. The van der Waals surface area contributed by atoms with E-state index in [2.05, 4.69) is 38.5 Å². The molecule has 50 heavy (non-hydrogen) atoms. The van der Waals surface area contributed by atoms with Crippen LogP contribution in [0.4, 0.5) is 8.78 Å².